The third kappa shape index (κ3) is 3.55. The summed E-state index contributed by atoms with van der Waals surface area (Å²) in [5, 5.41) is 7.72. The first-order chi connectivity index (χ1) is 9.38. The molecule has 0 saturated heterocycles. The maximum Gasteiger partial charge on any atom is 0.254 e. The standard InChI is InChI=1S/C13H17FN2O3S/c14-12-7-6-10(20(15,18)19)8-11(12)13(17)16-9-4-2-1-3-5-9/h6-9H,1-5H2,(H,16,17)(H2,15,18,19). The van der Waals surface area contributed by atoms with Crippen LogP contribution in [-0.4, -0.2) is 20.4 Å². The van der Waals surface area contributed by atoms with E-state index in [1.54, 1.807) is 0 Å². The predicted molar refractivity (Wildman–Crippen MR) is 72.1 cm³/mol. The van der Waals surface area contributed by atoms with Crippen molar-refractivity contribution >= 4 is 15.9 Å². The van der Waals surface area contributed by atoms with Crippen LogP contribution in [0.1, 0.15) is 42.5 Å². The molecule has 0 aliphatic heterocycles. The Morgan fingerprint density at radius 1 is 1.25 bits per heavy atom. The highest BCUT2D eigenvalue weighted by Crippen LogP contribution is 2.19. The Balaban J connectivity index is 2.20. The van der Waals surface area contributed by atoms with Crippen LogP contribution >= 0.6 is 0 Å². The number of rotatable bonds is 3. The Kier molecular flexibility index (Phi) is 4.39. The molecule has 0 atom stereocenters. The second-order valence-electron chi connectivity index (χ2n) is 5.00. The van der Waals surface area contributed by atoms with Crippen molar-refractivity contribution in [2.24, 2.45) is 5.14 Å². The fraction of sp³-hybridized carbons (Fsp3) is 0.462. The molecule has 20 heavy (non-hydrogen) atoms. The molecular formula is C13H17FN2O3S. The van der Waals surface area contributed by atoms with Gasteiger partial charge in [-0.3, -0.25) is 4.79 Å². The van der Waals surface area contributed by atoms with E-state index in [9.17, 15) is 17.6 Å². The van der Waals surface area contributed by atoms with Gasteiger partial charge in [-0.25, -0.2) is 17.9 Å². The first-order valence-corrected chi connectivity index (χ1v) is 8.06. The summed E-state index contributed by atoms with van der Waals surface area (Å²) in [5.74, 6) is -1.36. The van der Waals surface area contributed by atoms with Crippen LogP contribution in [0.25, 0.3) is 0 Å². The summed E-state index contributed by atoms with van der Waals surface area (Å²) >= 11 is 0. The van der Waals surface area contributed by atoms with Crippen molar-refractivity contribution in [3.05, 3.63) is 29.6 Å². The van der Waals surface area contributed by atoms with Crippen molar-refractivity contribution in [1.82, 2.24) is 5.32 Å². The number of hydrogen-bond donors (Lipinski definition) is 2. The Morgan fingerprint density at radius 3 is 2.50 bits per heavy atom. The number of hydrogen-bond acceptors (Lipinski definition) is 3. The molecule has 1 saturated carbocycles. The lowest BCUT2D eigenvalue weighted by atomic mass is 9.95. The van der Waals surface area contributed by atoms with E-state index in [1.807, 2.05) is 0 Å². The van der Waals surface area contributed by atoms with Gasteiger partial charge in [0, 0.05) is 6.04 Å². The lowest BCUT2D eigenvalue weighted by Gasteiger charge is -2.22. The number of carbonyl (C=O) groups excluding carboxylic acids is 1. The molecule has 0 bridgehead atoms. The molecule has 1 aromatic carbocycles. The van der Waals surface area contributed by atoms with Crippen molar-refractivity contribution in [1.29, 1.82) is 0 Å². The number of carbonyl (C=O) groups is 1. The van der Waals surface area contributed by atoms with Gasteiger partial charge in [-0.05, 0) is 31.0 Å². The minimum Gasteiger partial charge on any atom is -0.349 e. The predicted octanol–water partition coefficient (Wildman–Crippen LogP) is 1.54. The summed E-state index contributed by atoms with van der Waals surface area (Å²) in [7, 11) is -3.96. The van der Waals surface area contributed by atoms with Crippen molar-refractivity contribution in [2.75, 3.05) is 0 Å². The number of amides is 1. The van der Waals surface area contributed by atoms with E-state index < -0.39 is 21.7 Å². The van der Waals surface area contributed by atoms with Crippen molar-refractivity contribution < 1.29 is 17.6 Å². The number of benzene rings is 1. The molecule has 110 valence electrons. The van der Waals surface area contributed by atoms with Crippen molar-refractivity contribution in [3.63, 3.8) is 0 Å². The third-order valence-electron chi connectivity index (χ3n) is 3.45. The monoisotopic (exact) mass is 300 g/mol. The van der Waals surface area contributed by atoms with Crippen molar-refractivity contribution in [2.45, 2.75) is 43.0 Å². The molecule has 1 fully saturated rings. The second-order valence-corrected chi connectivity index (χ2v) is 6.56. The van der Waals surface area contributed by atoms with E-state index in [0.717, 1.165) is 50.3 Å². The Morgan fingerprint density at radius 2 is 1.90 bits per heavy atom. The summed E-state index contributed by atoms with van der Waals surface area (Å²) in [6, 6.07) is 2.98. The number of primary sulfonamides is 1. The number of halogens is 1. The second kappa shape index (κ2) is 5.88. The molecule has 0 unspecified atom stereocenters. The average molecular weight is 300 g/mol. The van der Waals surface area contributed by atoms with Crippen LogP contribution < -0.4 is 10.5 Å². The van der Waals surface area contributed by atoms with Gasteiger partial charge in [0.05, 0.1) is 10.5 Å². The molecule has 7 heteroatoms. The summed E-state index contributed by atoms with van der Waals surface area (Å²) in [4.78, 5) is 11.8. The van der Waals surface area contributed by atoms with Crippen LogP contribution in [0.2, 0.25) is 0 Å². The zero-order valence-electron chi connectivity index (χ0n) is 10.9. The molecule has 3 N–H and O–H groups in total. The van der Waals surface area contributed by atoms with Crippen LogP contribution in [0.5, 0.6) is 0 Å². The third-order valence-corrected chi connectivity index (χ3v) is 4.36. The van der Waals surface area contributed by atoms with Crippen LogP contribution in [0.3, 0.4) is 0 Å². The number of sulfonamides is 1. The molecular weight excluding hydrogens is 283 g/mol. The fourth-order valence-electron chi connectivity index (χ4n) is 2.37. The molecule has 0 aromatic heterocycles. The molecule has 5 nitrogen and oxygen atoms in total. The molecule has 0 radical (unpaired) electrons. The quantitative estimate of drug-likeness (QED) is 0.887. The summed E-state index contributed by atoms with van der Waals surface area (Å²) in [6.45, 7) is 0. The van der Waals surface area contributed by atoms with E-state index in [4.69, 9.17) is 5.14 Å². The lowest BCUT2D eigenvalue weighted by molar-refractivity contribution is 0.0923. The van der Waals surface area contributed by atoms with E-state index in [0.29, 0.717) is 0 Å². The summed E-state index contributed by atoms with van der Waals surface area (Å²) < 4.78 is 36.1. The van der Waals surface area contributed by atoms with Gasteiger partial charge in [0.1, 0.15) is 5.82 Å². The Hall–Kier alpha value is -1.47. The SMILES string of the molecule is NS(=O)(=O)c1ccc(F)c(C(=O)NC2CCCCC2)c1. The largest absolute Gasteiger partial charge is 0.349 e. The molecule has 1 amide bonds. The lowest BCUT2D eigenvalue weighted by Crippen LogP contribution is -2.36. The fourth-order valence-corrected chi connectivity index (χ4v) is 2.91. The zero-order valence-corrected chi connectivity index (χ0v) is 11.7. The van der Waals surface area contributed by atoms with Crippen LogP contribution in [0.15, 0.2) is 23.1 Å². The maximum atomic E-state index is 13.7. The summed E-state index contributed by atoms with van der Waals surface area (Å²) in [6.07, 6.45) is 4.93. The Bertz CT molecular complexity index is 610. The first kappa shape index (κ1) is 14.9. The van der Waals surface area contributed by atoms with Gasteiger partial charge in [0.25, 0.3) is 5.91 Å². The van der Waals surface area contributed by atoms with Gasteiger partial charge >= 0.3 is 0 Å². The normalized spacial score (nSPS) is 16.9. The van der Waals surface area contributed by atoms with Crippen LogP contribution in [-0.2, 0) is 10.0 Å². The maximum absolute atomic E-state index is 13.7. The van der Waals surface area contributed by atoms with Gasteiger partial charge < -0.3 is 5.32 Å². The Labute approximate surface area is 117 Å². The minimum absolute atomic E-state index is 0.0220. The zero-order chi connectivity index (χ0) is 14.8. The van der Waals surface area contributed by atoms with Gasteiger partial charge in [-0.1, -0.05) is 19.3 Å². The van der Waals surface area contributed by atoms with Crippen LogP contribution in [0.4, 0.5) is 4.39 Å². The highest BCUT2D eigenvalue weighted by Gasteiger charge is 2.20. The number of nitrogens with one attached hydrogen (secondary N) is 1. The van der Waals surface area contributed by atoms with Gasteiger partial charge in [0.2, 0.25) is 10.0 Å². The molecule has 0 heterocycles. The molecule has 1 aromatic rings. The first-order valence-electron chi connectivity index (χ1n) is 6.51. The summed E-state index contributed by atoms with van der Waals surface area (Å²) in [5.41, 5.74) is -0.290. The highest BCUT2D eigenvalue weighted by atomic mass is 32.2. The van der Waals surface area contributed by atoms with E-state index >= 15 is 0 Å². The highest BCUT2D eigenvalue weighted by molar-refractivity contribution is 7.89. The van der Waals surface area contributed by atoms with E-state index in [1.165, 1.54) is 0 Å². The van der Waals surface area contributed by atoms with Gasteiger partial charge in [0.15, 0.2) is 0 Å². The molecule has 1 aliphatic rings. The average Bonchev–Trinajstić information content (AvgIpc) is 2.39. The molecule has 0 spiro atoms. The number of nitrogens with two attached hydrogens (primary N) is 1. The minimum atomic E-state index is -3.96. The van der Waals surface area contributed by atoms with E-state index in [-0.39, 0.29) is 16.5 Å². The van der Waals surface area contributed by atoms with E-state index in [2.05, 4.69) is 5.32 Å². The topological polar surface area (TPSA) is 89.3 Å². The molecule has 2 rings (SSSR count). The smallest absolute Gasteiger partial charge is 0.254 e. The van der Waals surface area contributed by atoms with Gasteiger partial charge in [-0.2, -0.15) is 0 Å². The van der Waals surface area contributed by atoms with Crippen LogP contribution in [0, 0.1) is 5.82 Å². The molecule has 1 aliphatic carbocycles. The van der Waals surface area contributed by atoms with Gasteiger partial charge in [-0.15, -0.1) is 0 Å². The van der Waals surface area contributed by atoms with Crippen molar-refractivity contribution in [3.8, 4) is 0 Å².